The number of ether oxygens (including phenoxy) is 2. The number of rotatable bonds is 7. The van der Waals surface area contributed by atoms with Gasteiger partial charge >= 0.3 is 0 Å². The van der Waals surface area contributed by atoms with Gasteiger partial charge < -0.3 is 14.0 Å². The van der Waals surface area contributed by atoms with Crippen molar-refractivity contribution in [2.75, 3.05) is 40.0 Å². The van der Waals surface area contributed by atoms with E-state index in [-0.39, 0.29) is 0 Å². The maximum absolute atomic E-state index is 5.55. The Balaban J connectivity index is 1.66. The molecular formula is C24H29N3O2S. The molecule has 0 amide bonds. The van der Waals surface area contributed by atoms with Crippen molar-refractivity contribution in [2.45, 2.75) is 19.9 Å². The van der Waals surface area contributed by atoms with Crippen LogP contribution in [0.15, 0.2) is 58.9 Å². The number of hydrogen-bond donors (Lipinski definition) is 0. The van der Waals surface area contributed by atoms with Gasteiger partial charge in [0.25, 0.3) is 0 Å². The Morgan fingerprint density at radius 3 is 2.63 bits per heavy atom. The summed E-state index contributed by atoms with van der Waals surface area (Å²) >= 11 is 1.68. The molecule has 3 aromatic rings. The number of nitrogens with zero attached hydrogens (tertiary/aromatic N) is 3. The fraction of sp³-hybridized carbons (Fsp3) is 0.375. The zero-order valence-corrected chi connectivity index (χ0v) is 18.5. The first-order chi connectivity index (χ1) is 14.7. The molecule has 2 aromatic carbocycles. The zero-order valence-electron chi connectivity index (χ0n) is 17.7. The van der Waals surface area contributed by atoms with Crippen LogP contribution in [0.3, 0.4) is 0 Å². The van der Waals surface area contributed by atoms with Gasteiger partial charge in [-0.2, -0.15) is 0 Å². The molecule has 1 saturated heterocycles. The average molecular weight is 424 g/mol. The minimum absolute atomic E-state index is 0.801. The SMILES string of the molecule is COc1ccc(C)cc1N=c1scc(-c2ccccc2)n1CCCN1CCOCC1. The minimum atomic E-state index is 0.801. The predicted molar refractivity (Wildman–Crippen MR) is 123 cm³/mol. The summed E-state index contributed by atoms with van der Waals surface area (Å²) in [6, 6.07) is 16.7. The van der Waals surface area contributed by atoms with Crippen molar-refractivity contribution in [1.82, 2.24) is 9.47 Å². The molecule has 1 fully saturated rings. The highest BCUT2D eigenvalue weighted by molar-refractivity contribution is 7.07. The number of benzene rings is 2. The second-order valence-corrected chi connectivity index (χ2v) is 8.35. The predicted octanol–water partition coefficient (Wildman–Crippen LogP) is 4.49. The Kier molecular flexibility index (Phi) is 7.00. The highest BCUT2D eigenvalue weighted by Crippen LogP contribution is 2.28. The third-order valence-electron chi connectivity index (χ3n) is 5.38. The van der Waals surface area contributed by atoms with Gasteiger partial charge in [-0.25, -0.2) is 4.99 Å². The summed E-state index contributed by atoms with van der Waals surface area (Å²) in [6.07, 6.45) is 1.08. The number of thiazole rings is 1. The highest BCUT2D eigenvalue weighted by atomic mass is 32.1. The normalized spacial score (nSPS) is 15.5. The van der Waals surface area contributed by atoms with E-state index in [0.29, 0.717) is 0 Å². The molecule has 0 saturated carbocycles. The van der Waals surface area contributed by atoms with E-state index in [1.807, 2.05) is 6.07 Å². The molecule has 30 heavy (non-hydrogen) atoms. The minimum Gasteiger partial charge on any atom is -0.494 e. The van der Waals surface area contributed by atoms with Gasteiger partial charge in [0.1, 0.15) is 11.4 Å². The van der Waals surface area contributed by atoms with Gasteiger partial charge in [0.05, 0.1) is 26.0 Å². The lowest BCUT2D eigenvalue weighted by atomic mass is 10.2. The van der Waals surface area contributed by atoms with Crippen molar-refractivity contribution in [3.8, 4) is 17.0 Å². The number of methoxy groups -OCH3 is 1. The van der Waals surface area contributed by atoms with E-state index < -0.39 is 0 Å². The molecule has 0 radical (unpaired) electrons. The van der Waals surface area contributed by atoms with Gasteiger partial charge in [-0.3, -0.25) is 4.90 Å². The molecule has 0 unspecified atom stereocenters. The van der Waals surface area contributed by atoms with E-state index in [2.05, 4.69) is 64.2 Å². The van der Waals surface area contributed by atoms with Crippen LogP contribution in [0.5, 0.6) is 5.75 Å². The lowest BCUT2D eigenvalue weighted by Crippen LogP contribution is -2.37. The maximum Gasteiger partial charge on any atom is 0.190 e. The summed E-state index contributed by atoms with van der Waals surface area (Å²) in [6.45, 7) is 7.82. The van der Waals surface area contributed by atoms with Crippen LogP contribution in [-0.4, -0.2) is 49.4 Å². The summed E-state index contributed by atoms with van der Waals surface area (Å²) < 4.78 is 13.4. The van der Waals surface area contributed by atoms with Crippen LogP contribution in [0, 0.1) is 6.92 Å². The molecule has 0 bridgehead atoms. The Bertz CT molecular complexity index is 1020. The summed E-state index contributed by atoms with van der Waals surface area (Å²) in [4.78, 5) is 8.49. The molecule has 0 aliphatic carbocycles. The molecule has 1 aliphatic rings. The Morgan fingerprint density at radius 1 is 1.07 bits per heavy atom. The molecule has 1 aromatic heterocycles. The van der Waals surface area contributed by atoms with E-state index >= 15 is 0 Å². The van der Waals surface area contributed by atoms with Crippen LogP contribution in [0.25, 0.3) is 11.3 Å². The van der Waals surface area contributed by atoms with Crippen LogP contribution in [0.2, 0.25) is 0 Å². The molecule has 4 rings (SSSR count). The van der Waals surface area contributed by atoms with Crippen LogP contribution < -0.4 is 9.54 Å². The van der Waals surface area contributed by atoms with Crippen LogP contribution in [-0.2, 0) is 11.3 Å². The average Bonchev–Trinajstić information content (AvgIpc) is 3.18. The number of hydrogen-bond acceptors (Lipinski definition) is 5. The van der Waals surface area contributed by atoms with Crippen LogP contribution in [0.4, 0.5) is 5.69 Å². The van der Waals surface area contributed by atoms with Gasteiger partial charge in [0.15, 0.2) is 4.80 Å². The second-order valence-electron chi connectivity index (χ2n) is 7.52. The first-order valence-corrected chi connectivity index (χ1v) is 11.4. The quantitative estimate of drug-likeness (QED) is 0.562. The fourth-order valence-electron chi connectivity index (χ4n) is 3.74. The number of aryl methyl sites for hydroxylation is 1. The number of aromatic nitrogens is 1. The van der Waals surface area contributed by atoms with Gasteiger partial charge in [0, 0.05) is 31.6 Å². The number of morpholine rings is 1. The molecule has 5 nitrogen and oxygen atoms in total. The monoisotopic (exact) mass is 423 g/mol. The molecule has 6 heteroatoms. The first-order valence-electron chi connectivity index (χ1n) is 10.5. The molecule has 0 spiro atoms. The van der Waals surface area contributed by atoms with Crippen molar-refractivity contribution < 1.29 is 9.47 Å². The van der Waals surface area contributed by atoms with E-state index in [1.54, 1.807) is 18.4 Å². The van der Waals surface area contributed by atoms with Crippen molar-refractivity contribution in [2.24, 2.45) is 4.99 Å². The summed E-state index contributed by atoms with van der Waals surface area (Å²) in [5.41, 5.74) is 4.49. The van der Waals surface area contributed by atoms with Crippen molar-refractivity contribution in [1.29, 1.82) is 0 Å². The van der Waals surface area contributed by atoms with E-state index in [0.717, 1.165) is 62.1 Å². The van der Waals surface area contributed by atoms with Crippen molar-refractivity contribution in [3.63, 3.8) is 0 Å². The zero-order chi connectivity index (χ0) is 20.8. The summed E-state index contributed by atoms with van der Waals surface area (Å²) in [5.74, 6) is 0.801. The van der Waals surface area contributed by atoms with Crippen molar-refractivity contribution >= 4 is 17.0 Å². The third-order valence-corrected chi connectivity index (χ3v) is 6.24. The van der Waals surface area contributed by atoms with Gasteiger partial charge in [-0.15, -0.1) is 11.3 Å². The molecule has 0 N–H and O–H groups in total. The Morgan fingerprint density at radius 2 is 1.87 bits per heavy atom. The van der Waals surface area contributed by atoms with E-state index in [1.165, 1.54) is 16.8 Å². The molecule has 0 atom stereocenters. The Labute approximate surface area is 182 Å². The lowest BCUT2D eigenvalue weighted by Gasteiger charge is -2.26. The smallest absolute Gasteiger partial charge is 0.190 e. The van der Waals surface area contributed by atoms with Crippen molar-refractivity contribution in [3.05, 3.63) is 64.3 Å². The summed E-state index contributed by atoms with van der Waals surface area (Å²) in [5, 5.41) is 2.21. The maximum atomic E-state index is 5.55. The van der Waals surface area contributed by atoms with E-state index in [4.69, 9.17) is 14.5 Å². The highest BCUT2D eigenvalue weighted by Gasteiger charge is 2.12. The summed E-state index contributed by atoms with van der Waals surface area (Å²) in [7, 11) is 1.70. The van der Waals surface area contributed by atoms with E-state index in [9.17, 15) is 0 Å². The molecular weight excluding hydrogens is 394 g/mol. The third kappa shape index (κ3) is 5.01. The first kappa shape index (κ1) is 20.8. The molecule has 2 heterocycles. The van der Waals surface area contributed by atoms with Gasteiger partial charge in [0.2, 0.25) is 0 Å². The van der Waals surface area contributed by atoms with Crippen LogP contribution in [0.1, 0.15) is 12.0 Å². The van der Waals surface area contributed by atoms with Crippen LogP contribution >= 0.6 is 11.3 Å². The fourth-order valence-corrected chi connectivity index (χ4v) is 4.69. The van der Waals surface area contributed by atoms with Gasteiger partial charge in [-0.1, -0.05) is 36.4 Å². The van der Waals surface area contributed by atoms with Gasteiger partial charge in [-0.05, 0) is 36.6 Å². The largest absolute Gasteiger partial charge is 0.494 e. The Hall–Kier alpha value is -2.41. The molecule has 158 valence electrons. The molecule has 1 aliphatic heterocycles. The topological polar surface area (TPSA) is 39.0 Å². The standard InChI is InChI=1S/C24H29N3O2S/c1-19-9-10-23(28-2)21(17-19)25-24-27(12-6-11-26-13-15-29-16-14-26)22(18-30-24)20-7-4-3-5-8-20/h3-5,7-10,17-18H,6,11-16H2,1-2H3. The second kappa shape index (κ2) is 10.1. The lowest BCUT2D eigenvalue weighted by molar-refractivity contribution is 0.0369.